The normalized spacial score (nSPS) is 12.7. The fraction of sp³-hybridized carbons (Fsp3) is 0.500. The molecule has 0 bridgehead atoms. The zero-order chi connectivity index (χ0) is 10.2. The minimum atomic E-state index is -0.355. The molecule has 0 unspecified atom stereocenters. The number of rotatable bonds is 6. The van der Waals surface area contributed by atoms with Gasteiger partial charge in [0.25, 0.3) is 0 Å². The van der Waals surface area contributed by atoms with Gasteiger partial charge in [-0.15, -0.1) is 0 Å². The number of aliphatic hydroxyl groups is 1. The number of benzene rings is 1. The van der Waals surface area contributed by atoms with Gasteiger partial charge in [-0.25, -0.2) is 0 Å². The third-order valence-corrected chi connectivity index (χ3v) is 1.96. The van der Waals surface area contributed by atoms with Crippen molar-refractivity contribution in [3.8, 4) is 0 Å². The van der Waals surface area contributed by atoms with E-state index in [1.165, 1.54) is 5.56 Å². The van der Waals surface area contributed by atoms with Crippen LogP contribution in [0.3, 0.4) is 0 Å². The van der Waals surface area contributed by atoms with Crippen molar-refractivity contribution in [3.63, 3.8) is 0 Å². The van der Waals surface area contributed by atoms with Gasteiger partial charge >= 0.3 is 0 Å². The molecule has 0 radical (unpaired) electrons. The predicted molar refractivity (Wildman–Crippen MR) is 57.3 cm³/mol. The van der Waals surface area contributed by atoms with Gasteiger partial charge in [-0.05, 0) is 25.3 Å². The van der Waals surface area contributed by atoms with E-state index in [1.54, 1.807) is 6.92 Å². The first-order valence-electron chi connectivity index (χ1n) is 5.09. The monoisotopic (exact) mass is 194 g/mol. The summed E-state index contributed by atoms with van der Waals surface area (Å²) in [6.07, 6.45) is 1.70. The van der Waals surface area contributed by atoms with Crippen LogP contribution < -0.4 is 0 Å². The van der Waals surface area contributed by atoms with Gasteiger partial charge in [-0.2, -0.15) is 0 Å². The average molecular weight is 194 g/mol. The van der Waals surface area contributed by atoms with Crippen molar-refractivity contribution < 1.29 is 9.84 Å². The highest BCUT2D eigenvalue weighted by Gasteiger charge is 1.95. The minimum Gasteiger partial charge on any atom is -0.391 e. The highest BCUT2D eigenvalue weighted by molar-refractivity contribution is 5.14. The van der Waals surface area contributed by atoms with Crippen LogP contribution in [-0.2, 0) is 11.2 Å². The summed E-state index contributed by atoms with van der Waals surface area (Å²) in [7, 11) is 0. The van der Waals surface area contributed by atoms with Crippen molar-refractivity contribution in [2.45, 2.75) is 25.9 Å². The van der Waals surface area contributed by atoms with Gasteiger partial charge in [0.15, 0.2) is 0 Å². The average Bonchev–Trinajstić information content (AvgIpc) is 2.18. The van der Waals surface area contributed by atoms with Gasteiger partial charge in [0, 0.05) is 6.61 Å². The first-order valence-corrected chi connectivity index (χ1v) is 5.09. The topological polar surface area (TPSA) is 29.5 Å². The van der Waals surface area contributed by atoms with E-state index in [9.17, 15) is 0 Å². The predicted octanol–water partition coefficient (Wildman–Crippen LogP) is 2.02. The van der Waals surface area contributed by atoms with Gasteiger partial charge in [-0.1, -0.05) is 30.3 Å². The number of hydrogen-bond acceptors (Lipinski definition) is 2. The van der Waals surface area contributed by atoms with Crippen LogP contribution in [0.1, 0.15) is 18.9 Å². The Labute approximate surface area is 85.5 Å². The lowest BCUT2D eigenvalue weighted by atomic mass is 10.1. The molecular weight excluding hydrogens is 176 g/mol. The van der Waals surface area contributed by atoms with E-state index in [0.717, 1.165) is 19.4 Å². The zero-order valence-corrected chi connectivity index (χ0v) is 8.65. The summed E-state index contributed by atoms with van der Waals surface area (Å²) in [6, 6.07) is 10.4. The maximum atomic E-state index is 8.94. The molecule has 0 saturated heterocycles. The molecule has 1 atom stereocenters. The van der Waals surface area contributed by atoms with Crippen LogP contribution in [0.2, 0.25) is 0 Å². The first kappa shape index (κ1) is 11.2. The van der Waals surface area contributed by atoms with Gasteiger partial charge < -0.3 is 9.84 Å². The Morgan fingerprint density at radius 2 is 2.00 bits per heavy atom. The molecule has 2 heteroatoms. The molecule has 78 valence electrons. The van der Waals surface area contributed by atoms with E-state index in [1.807, 2.05) is 18.2 Å². The second-order valence-corrected chi connectivity index (χ2v) is 3.51. The summed E-state index contributed by atoms with van der Waals surface area (Å²) in [6.45, 7) is 2.89. The molecule has 0 aromatic heterocycles. The molecule has 0 fully saturated rings. The van der Waals surface area contributed by atoms with Gasteiger partial charge in [0.05, 0.1) is 12.7 Å². The van der Waals surface area contributed by atoms with E-state index < -0.39 is 0 Å². The van der Waals surface area contributed by atoms with Gasteiger partial charge in [-0.3, -0.25) is 0 Å². The van der Waals surface area contributed by atoms with E-state index in [4.69, 9.17) is 9.84 Å². The molecule has 2 nitrogen and oxygen atoms in total. The second-order valence-electron chi connectivity index (χ2n) is 3.51. The summed E-state index contributed by atoms with van der Waals surface area (Å²) in [5.74, 6) is 0. The highest BCUT2D eigenvalue weighted by Crippen LogP contribution is 2.02. The number of aryl methyl sites for hydroxylation is 1. The van der Waals surface area contributed by atoms with Gasteiger partial charge in [0.2, 0.25) is 0 Å². The van der Waals surface area contributed by atoms with Crippen LogP contribution in [-0.4, -0.2) is 24.4 Å². The molecule has 1 aromatic rings. The molecular formula is C12H18O2. The summed E-state index contributed by atoms with van der Waals surface area (Å²) in [5, 5.41) is 8.94. The van der Waals surface area contributed by atoms with E-state index in [0.29, 0.717) is 6.61 Å². The minimum absolute atomic E-state index is 0.355. The fourth-order valence-electron chi connectivity index (χ4n) is 1.28. The van der Waals surface area contributed by atoms with E-state index in [-0.39, 0.29) is 6.10 Å². The molecule has 0 heterocycles. The smallest absolute Gasteiger partial charge is 0.0745 e. The summed E-state index contributed by atoms with van der Waals surface area (Å²) in [4.78, 5) is 0. The molecule has 0 aliphatic carbocycles. The summed E-state index contributed by atoms with van der Waals surface area (Å²) < 4.78 is 5.27. The Morgan fingerprint density at radius 3 is 2.64 bits per heavy atom. The number of hydrogen-bond donors (Lipinski definition) is 1. The largest absolute Gasteiger partial charge is 0.391 e. The van der Waals surface area contributed by atoms with Crippen LogP contribution in [0.4, 0.5) is 0 Å². The molecule has 0 aliphatic heterocycles. The molecule has 0 spiro atoms. The molecule has 1 aromatic carbocycles. The SMILES string of the molecule is C[C@H](O)COCCCc1ccccc1. The van der Waals surface area contributed by atoms with Crippen molar-refractivity contribution in [2.75, 3.05) is 13.2 Å². The maximum absolute atomic E-state index is 8.94. The van der Waals surface area contributed by atoms with Crippen molar-refractivity contribution in [1.82, 2.24) is 0 Å². The Hall–Kier alpha value is -0.860. The Balaban J connectivity index is 2.05. The van der Waals surface area contributed by atoms with Gasteiger partial charge in [0.1, 0.15) is 0 Å². The van der Waals surface area contributed by atoms with Crippen LogP contribution in [0.25, 0.3) is 0 Å². The third-order valence-electron chi connectivity index (χ3n) is 1.96. The lowest BCUT2D eigenvalue weighted by Gasteiger charge is -2.05. The van der Waals surface area contributed by atoms with Crippen molar-refractivity contribution in [1.29, 1.82) is 0 Å². The molecule has 0 amide bonds. The Morgan fingerprint density at radius 1 is 1.29 bits per heavy atom. The Bertz CT molecular complexity index is 231. The van der Waals surface area contributed by atoms with E-state index >= 15 is 0 Å². The number of aliphatic hydroxyl groups excluding tert-OH is 1. The molecule has 1 rings (SSSR count). The lowest BCUT2D eigenvalue weighted by Crippen LogP contribution is -2.11. The van der Waals surface area contributed by atoms with E-state index in [2.05, 4.69) is 12.1 Å². The van der Waals surface area contributed by atoms with Crippen LogP contribution in [0.5, 0.6) is 0 Å². The Kier molecular flexibility index (Phi) is 5.27. The molecule has 0 saturated carbocycles. The maximum Gasteiger partial charge on any atom is 0.0745 e. The van der Waals surface area contributed by atoms with Crippen LogP contribution >= 0.6 is 0 Å². The quantitative estimate of drug-likeness (QED) is 0.702. The van der Waals surface area contributed by atoms with Crippen LogP contribution in [0.15, 0.2) is 30.3 Å². The summed E-state index contributed by atoms with van der Waals surface area (Å²) >= 11 is 0. The lowest BCUT2D eigenvalue weighted by molar-refractivity contribution is 0.0453. The molecule has 0 aliphatic rings. The second kappa shape index (κ2) is 6.57. The van der Waals surface area contributed by atoms with Crippen molar-refractivity contribution >= 4 is 0 Å². The standard InChI is InChI=1S/C12H18O2/c1-11(13)10-14-9-5-8-12-6-3-2-4-7-12/h2-4,6-7,11,13H,5,8-10H2,1H3/t11-/m0/s1. The fourth-order valence-corrected chi connectivity index (χ4v) is 1.28. The summed E-state index contributed by atoms with van der Waals surface area (Å²) in [5.41, 5.74) is 1.34. The first-order chi connectivity index (χ1) is 6.79. The van der Waals surface area contributed by atoms with Crippen molar-refractivity contribution in [2.24, 2.45) is 0 Å². The number of ether oxygens (including phenoxy) is 1. The molecule has 14 heavy (non-hydrogen) atoms. The molecule has 1 N–H and O–H groups in total. The third kappa shape index (κ3) is 5.00. The zero-order valence-electron chi connectivity index (χ0n) is 8.65. The van der Waals surface area contributed by atoms with Crippen LogP contribution in [0, 0.1) is 0 Å². The van der Waals surface area contributed by atoms with Crippen molar-refractivity contribution in [3.05, 3.63) is 35.9 Å². The highest BCUT2D eigenvalue weighted by atomic mass is 16.5.